The molecule has 2 saturated heterocycles. The van der Waals surface area contributed by atoms with Gasteiger partial charge in [-0.1, -0.05) is 0 Å². The second-order valence-electron chi connectivity index (χ2n) is 8.71. The lowest BCUT2D eigenvalue weighted by Crippen LogP contribution is -2.53. The first-order valence-corrected chi connectivity index (χ1v) is 11.2. The van der Waals surface area contributed by atoms with Gasteiger partial charge in [0.1, 0.15) is 22.9 Å². The van der Waals surface area contributed by atoms with Crippen molar-refractivity contribution >= 4 is 11.4 Å². The number of amides is 1. The van der Waals surface area contributed by atoms with E-state index in [-0.39, 0.29) is 24.8 Å². The first-order valence-electron chi connectivity index (χ1n) is 11.2. The molecular weight excluding hydrogens is 425 g/mol. The Kier molecular flexibility index (Phi) is 5.50. The predicted molar refractivity (Wildman–Crippen MR) is 118 cm³/mol. The Morgan fingerprint density at radius 2 is 1.97 bits per heavy atom. The maximum atomic E-state index is 15.1. The lowest BCUT2D eigenvalue weighted by Gasteiger charge is -2.38. The average Bonchev–Trinajstić information content (AvgIpc) is 3.51. The van der Waals surface area contributed by atoms with Gasteiger partial charge in [-0.3, -0.25) is 9.48 Å². The van der Waals surface area contributed by atoms with Crippen molar-refractivity contribution in [2.45, 2.75) is 37.4 Å². The fraction of sp³-hybridized carbons (Fsp3) is 0.478. The molecule has 1 N–H and O–H groups in total. The molecule has 0 saturated carbocycles. The molecule has 0 aliphatic carbocycles. The van der Waals surface area contributed by atoms with Crippen LogP contribution in [0.15, 0.2) is 30.9 Å². The van der Waals surface area contributed by atoms with Gasteiger partial charge in [-0.2, -0.15) is 15.5 Å². The Morgan fingerprint density at radius 3 is 2.67 bits per heavy atom. The van der Waals surface area contributed by atoms with Gasteiger partial charge in [0.05, 0.1) is 25.5 Å². The molecule has 2 aliphatic rings. The number of piperidine rings is 2. The van der Waals surface area contributed by atoms with Gasteiger partial charge >= 0.3 is 0 Å². The third kappa shape index (κ3) is 3.82. The summed E-state index contributed by atoms with van der Waals surface area (Å²) in [5.74, 6) is 0.208. The van der Waals surface area contributed by atoms with Crippen LogP contribution in [0.3, 0.4) is 0 Å². The average molecular weight is 452 g/mol. The van der Waals surface area contributed by atoms with Crippen molar-refractivity contribution in [3.63, 3.8) is 0 Å². The Labute approximate surface area is 190 Å². The highest BCUT2D eigenvalue weighted by molar-refractivity contribution is 5.85. The number of hydrogen-bond donors (Lipinski definition) is 1. The number of rotatable bonds is 4. The van der Waals surface area contributed by atoms with Gasteiger partial charge in [0, 0.05) is 49.5 Å². The van der Waals surface area contributed by atoms with E-state index >= 15 is 4.39 Å². The monoisotopic (exact) mass is 451 g/mol. The topological polar surface area (TPSA) is 100 Å². The molecule has 5 rings (SSSR count). The van der Waals surface area contributed by atoms with Gasteiger partial charge in [-0.25, -0.2) is 8.91 Å². The molecule has 0 atom stereocenters. The number of aromatic nitrogens is 4. The molecule has 9 nitrogen and oxygen atoms in total. The predicted octanol–water partition coefficient (Wildman–Crippen LogP) is 2.33. The third-order valence-electron chi connectivity index (χ3n) is 6.76. The number of alkyl halides is 1. The number of carbonyl (C=O) groups is 1. The maximum absolute atomic E-state index is 15.1. The summed E-state index contributed by atoms with van der Waals surface area (Å²) in [6, 6.07) is 4.15. The largest absolute Gasteiger partial charge is 0.494 e. The summed E-state index contributed by atoms with van der Waals surface area (Å²) in [6.07, 6.45) is 9.08. The Bertz CT molecular complexity index is 1210. The maximum Gasteiger partial charge on any atom is 0.260 e. The molecule has 0 radical (unpaired) electrons. The second kappa shape index (κ2) is 8.48. The molecule has 3 aromatic heterocycles. The van der Waals surface area contributed by atoms with Crippen LogP contribution in [0.4, 0.5) is 4.39 Å². The van der Waals surface area contributed by atoms with Crippen LogP contribution in [0, 0.1) is 11.3 Å². The van der Waals surface area contributed by atoms with Crippen LogP contribution in [0.25, 0.3) is 16.6 Å². The number of hydrogen-bond acceptors (Lipinski definition) is 6. The van der Waals surface area contributed by atoms with Crippen LogP contribution in [0.1, 0.15) is 37.3 Å². The highest BCUT2D eigenvalue weighted by Gasteiger charge is 2.43. The van der Waals surface area contributed by atoms with Crippen LogP contribution >= 0.6 is 0 Å². The van der Waals surface area contributed by atoms with E-state index < -0.39 is 5.67 Å². The zero-order valence-electron chi connectivity index (χ0n) is 18.5. The molecule has 2 aliphatic heterocycles. The Balaban J connectivity index is 1.30. The number of nitriles is 1. The van der Waals surface area contributed by atoms with E-state index in [1.54, 1.807) is 22.7 Å². The summed E-state index contributed by atoms with van der Waals surface area (Å²) in [7, 11) is 1.57. The number of ether oxygens (including phenoxy) is 1. The normalized spacial score (nSPS) is 18.9. The van der Waals surface area contributed by atoms with E-state index in [9.17, 15) is 10.1 Å². The van der Waals surface area contributed by atoms with Crippen molar-refractivity contribution in [3.05, 3.63) is 36.4 Å². The van der Waals surface area contributed by atoms with Crippen LogP contribution in [-0.2, 0) is 4.79 Å². The molecule has 1 amide bonds. The summed E-state index contributed by atoms with van der Waals surface area (Å²) in [5.41, 5.74) is 1.13. The lowest BCUT2D eigenvalue weighted by molar-refractivity contribution is -0.147. The highest BCUT2D eigenvalue weighted by atomic mass is 19.1. The van der Waals surface area contributed by atoms with Crippen molar-refractivity contribution in [2.75, 3.05) is 33.3 Å². The number of methoxy groups -OCH3 is 1. The van der Waals surface area contributed by atoms with Gasteiger partial charge in [0.2, 0.25) is 0 Å². The van der Waals surface area contributed by atoms with Gasteiger partial charge < -0.3 is 15.0 Å². The van der Waals surface area contributed by atoms with Crippen molar-refractivity contribution in [1.29, 1.82) is 5.26 Å². The lowest BCUT2D eigenvalue weighted by atomic mass is 9.91. The Hall–Kier alpha value is -3.45. The highest BCUT2D eigenvalue weighted by Crippen LogP contribution is 2.32. The van der Waals surface area contributed by atoms with E-state index in [1.165, 1.54) is 6.20 Å². The summed E-state index contributed by atoms with van der Waals surface area (Å²) in [4.78, 5) is 14.4. The van der Waals surface area contributed by atoms with Gasteiger partial charge in [0.25, 0.3) is 5.91 Å². The smallest absolute Gasteiger partial charge is 0.260 e. The standard InChI is InChI=1S/C23H26FN7O2/c1-33-20-10-16(14-31-21(20)17(11-25)12-28-31)18-13-27-30(15-18)19-2-8-29(9-3-19)22(32)23(24)4-6-26-7-5-23/h10,12-15,19,26H,2-9H2,1H3. The van der Waals surface area contributed by atoms with Gasteiger partial charge in [0.15, 0.2) is 5.67 Å². The molecule has 0 aromatic carbocycles. The van der Waals surface area contributed by atoms with Crippen LogP contribution in [0.2, 0.25) is 0 Å². The molecule has 5 heterocycles. The van der Waals surface area contributed by atoms with Crippen LogP contribution < -0.4 is 10.1 Å². The first-order chi connectivity index (χ1) is 16.0. The van der Waals surface area contributed by atoms with Crippen LogP contribution in [0.5, 0.6) is 5.75 Å². The summed E-state index contributed by atoms with van der Waals surface area (Å²) >= 11 is 0. The summed E-state index contributed by atoms with van der Waals surface area (Å²) < 4.78 is 24.1. The molecule has 0 spiro atoms. The number of nitrogens with one attached hydrogen (secondary N) is 1. The number of carbonyl (C=O) groups excluding carboxylic acids is 1. The minimum atomic E-state index is -1.73. The molecular formula is C23H26FN7O2. The molecule has 2 fully saturated rings. The third-order valence-corrected chi connectivity index (χ3v) is 6.76. The SMILES string of the molecule is COc1cc(-c2cnn(C3CCN(C(=O)C4(F)CCNCC4)CC3)c2)cn2ncc(C#N)c12. The number of pyridine rings is 1. The molecule has 0 bridgehead atoms. The molecule has 10 heteroatoms. The zero-order valence-corrected chi connectivity index (χ0v) is 18.5. The summed E-state index contributed by atoms with van der Waals surface area (Å²) in [6.45, 7) is 2.15. The van der Waals surface area contributed by atoms with Crippen molar-refractivity contribution in [3.8, 4) is 22.9 Å². The van der Waals surface area contributed by atoms with E-state index in [1.807, 2.05) is 23.1 Å². The zero-order chi connectivity index (χ0) is 23.0. The van der Waals surface area contributed by atoms with Crippen molar-refractivity contribution in [1.82, 2.24) is 29.6 Å². The van der Waals surface area contributed by atoms with Crippen molar-refractivity contribution in [2.24, 2.45) is 0 Å². The quantitative estimate of drug-likeness (QED) is 0.654. The second-order valence-corrected chi connectivity index (χ2v) is 8.71. The minimum absolute atomic E-state index is 0.145. The summed E-state index contributed by atoms with van der Waals surface area (Å²) in [5, 5.41) is 21.2. The van der Waals surface area contributed by atoms with Gasteiger partial charge in [-0.05, 0) is 32.0 Å². The van der Waals surface area contributed by atoms with Gasteiger partial charge in [-0.15, -0.1) is 0 Å². The van der Waals surface area contributed by atoms with Crippen molar-refractivity contribution < 1.29 is 13.9 Å². The first kappa shape index (κ1) is 21.4. The molecule has 172 valence electrons. The molecule has 3 aromatic rings. The molecule has 33 heavy (non-hydrogen) atoms. The molecule has 0 unspecified atom stereocenters. The number of fused-ring (bicyclic) bond motifs is 1. The van der Waals surface area contributed by atoms with E-state index in [0.29, 0.717) is 43.0 Å². The minimum Gasteiger partial charge on any atom is -0.494 e. The van der Waals surface area contributed by atoms with E-state index in [0.717, 1.165) is 24.0 Å². The Morgan fingerprint density at radius 1 is 1.21 bits per heavy atom. The number of likely N-dealkylation sites (tertiary alicyclic amines) is 1. The fourth-order valence-electron chi connectivity index (χ4n) is 4.82. The number of nitrogens with zero attached hydrogens (tertiary/aromatic N) is 6. The fourth-order valence-corrected chi connectivity index (χ4v) is 4.82. The number of halogens is 1. The van der Waals surface area contributed by atoms with Crippen LogP contribution in [-0.4, -0.2) is 69.2 Å². The van der Waals surface area contributed by atoms with E-state index in [4.69, 9.17) is 4.74 Å². The van der Waals surface area contributed by atoms with E-state index in [2.05, 4.69) is 21.6 Å².